The van der Waals surface area contributed by atoms with Crippen LogP contribution in [0.4, 0.5) is 0 Å². The molecular weight excluding hydrogens is 250 g/mol. The van der Waals surface area contributed by atoms with Crippen molar-refractivity contribution in [2.45, 2.75) is 20.0 Å². The van der Waals surface area contributed by atoms with Gasteiger partial charge in [0.1, 0.15) is 6.61 Å². The van der Waals surface area contributed by atoms with Crippen LogP contribution >= 0.6 is 0 Å². The summed E-state index contributed by atoms with van der Waals surface area (Å²) >= 11 is 0. The molecule has 0 N–H and O–H groups in total. The maximum Gasteiger partial charge on any atom is 0.310 e. The second-order valence-corrected chi connectivity index (χ2v) is 4.63. The number of ether oxygens (including phenoxy) is 1. The molecule has 0 saturated heterocycles. The number of hydrogen-bond donors (Lipinski definition) is 0. The van der Waals surface area contributed by atoms with Crippen molar-refractivity contribution >= 4 is 5.97 Å². The Labute approximate surface area is 118 Å². The molecule has 0 aliphatic heterocycles. The van der Waals surface area contributed by atoms with E-state index in [-0.39, 0.29) is 19.0 Å². The van der Waals surface area contributed by atoms with Crippen LogP contribution < -0.4 is 0 Å². The summed E-state index contributed by atoms with van der Waals surface area (Å²) in [5.41, 5.74) is 3.58. The lowest BCUT2D eigenvalue weighted by Gasteiger charge is -2.05. The van der Waals surface area contributed by atoms with Crippen molar-refractivity contribution in [3.8, 4) is 6.07 Å². The number of esters is 1. The molecule has 0 aliphatic carbocycles. The third-order valence-corrected chi connectivity index (χ3v) is 2.95. The first-order valence-corrected chi connectivity index (χ1v) is 6.37. The van der Waals surface area contributed by atoms with Gasteiger partial charge in [0, 0.05) is 0 Å². The molecule has 0 spiro atoms. The molecule has 0 bridgehead atoms. The fraction of sp³-hybridized carbons (Fsp3) is 0.176. The van der Waals surface area contributed by atoms with Crippen LogP contribution in [0, 0.1) is 18.3 Å². The fourth-order valence-electron chi connectivity index (χ4n) is 1.76. The smallest absolute Gasteiger partial charge is 0.310 e. The summed E-state index contributed by atoms with van der Waals surface area (Å²) in [6.45, 7) is 2.24. The van der Waals surface area contributed by atoms with Gasteiger partial charge in [0.25, 0.3) is 0 Å². The first kappa shape index (κ1) is 13.8. The molecule has 0 fully saturated rings. The summed E-state index contributed by atoms with van der Waals surface area (Å²) < 4.78 is 5.21. The van der Waals surface area contributed by atoms with Gasteiger partial charge in [0.2, 0.25) is 0 Å². The molecule has 0 radical (unpaired) electrons. The minimum absolute atomic E-state index is 0.233. The van der Waals surface area contributed by atoms with E-state index in [0.717, 1.165) is 11.1 Å². The Morgan fingerprint density at radius 3 is 2.25 bits per heavy atom. The highest BCUT2D eigenvalue weighted by atomic mass is 16.5. The Morgan fingerprint density at radius 2 is 1.65 bits per heavy atom. The van der Waals surface area contributed by atoms with Gasteiger partial charge in [-0.25, -0.2) is 0 Å². The van der Waals surface area contributed by atoms with Crippen LogP contribution in [0.25, 0.3) is 0 Å². The van der Waals surface area contributed by atoms with Crippen molar-refractivity contribution < 1.29 is 9.53 Å². The number of aryl methyl sites for hydroxylation is 1. The van der Waals surface area contributed by atoms with Crippen LogP contribution in [0.3, 0.4) is 0 Å². The first-order chi connectivity index (χ1) is 9.67. The molecule has 0 aromatic heterocycles. The van der Waals surface area contributed by atoms with E-state index in [1.54, 1.807) is 24.3 Å². The lowest BCUT2D eigenvalue weighted by Crippen LogP contribution is -2.08. The largest absolute Gasteiger partial charge is 0.461 e. The average Bonchev–Trinajstić information content (AvgIpc) is 2.48. The molecule has 2 rings (SSSR count). The molecule has 3 heteroatoms. The summed E-state index contributed by atoms with van der Waals surface area (Å²) in [4.78, 5) is 11.7. The number of rotatable bonds is 4. The van der Waals surface area contributed by atoms with Gasteiger partial charge in [-0.15, -0.1) is 0 Å². The second kappa shape index (κ2) is 6.53. The maximum absolute atomic E-state index is 11.7. The lowest BCUT2D eigenvalue weighted by atomic mass is 10.1. The van der Waals surface area contributed by atoms with Gasteiger partial charge in [-0.1, -0.05) is 42.0 Å². The van der Waals surface area contributed by atoms with E-state index in [1.165, 1.54) is 5.56 Å². The minimum Gasteiger partial charge on any atom is -0.461 e. The van der Waals surface area contributed by atoms with Gasteiger partial charge in [-0.05, 0) is 30.2 Å². The van der Waals surface area contributed by atoms with Gasteiger partial charge >= 0.3 is 5.97 Å². The van der Waals surface area contributed by atoms with Crippen molar-refractivity contribution in [3.63, 3.8) is 0 Å². The molecular formula is C17H15NO2. The zero-order valence-electron chi connectivity index (χ0n) is 11.3. The van der Waals surface area contributed by atoms with Crippen LogP contribution in [-0.2, 0) is 22.6 Å². The lowest BCUT2D eigenvalue weighted by molar-refractivity contribution is -0.144. The molecule has 20 heavy (non-hydrogen) atoms. The Balaban J connectivity index is 1.85. The molecule has 2 aromatic carbocycles. The molecule has 0 unspecified atom stereocenters. The number of carbonyl (C=O) groups is 1. The predicted octanol–water partition coefficient (Wildman–Crippen LogP) is 3.15. The summed E-state index contributed by atoms with van der Waals surface area (Å²) in [5, 5.41) is 8.69. The van der Waals surface area contributed by atoms with E-state index in [2.05, 4.69) is 0 Å². The SMILES string of the molecule is Cc1ccc(CC(=O)OCc2ccc(C#N)cc2)cc1. The Morgan fingerprint density at radius 1 is 1.05 bits per heavy atom. The Hall–Kier alpha value is -2.60. The molecule has 0 heterocycles. The highest BCUT2D eigenvalue weighted by Gasteiger charge is 2.05. The third kappa shape index (κ3) is 3.96. The first-order valence-electron chi connectivity index (χ1n) is 6.37. The molecule has 0 aliphatic rings. The van der Waals surface area contributed by atoms with Crippen LogP contribution in [-0.4, -0.2) is 5.97 Å². The van der Waals surface area contributed by atoms with E-state index in [0.29, 0.717) is 5.56 Å². The van der Waals surface area contributed by atoms with Crippen molar-refractivity contribution in [3.05, 3.63) is 70.8 Å². The Kier molecular flexibility index (Phi) is 4.52. The molecule has 0 atom stereocenters. The topological polar surface area (TPSA) is 50.1 Å². The highest BCUT2D eigenvalue weighted by Crippen LogP contribution is 2.08. The fourth-order valence-corrected chi connectivity index (χ4v) is 1.76. The summed E-state index contributed by atoms with van der Waals surface area (Å²) in [5.74, 6) is -0.252. The van der Waals surface area contributed by atoms with Crippen molar-refractivity contribution in [2.24, 2.45) is 0 Å². The van der Waals surface area contributed by atoms with Crippen molar-refractivity contribution in [1.29, 1.82) is 5.26 Å². The van der Waals surface area contributed by atoms with Gasteiger partial charge in [-0.3, -0.25) is 4.79 Å². The molecule has 0 amide bonds. The maximum atomic E-state index is 11.7. The number of hydrogen-bond acceptors (Lipinski definition) is 3. The van der Waals surface area contributed by atoms with Crippen molar-refractivity contribution in [1.82, 2.24) is 0 Å². The second-order valence-electron chi connectivity index (χ2n) is 4.63. The van der Waals surface area contributed by atoms with E-state index < -0.39 is 0 Å². The highest BCUT2D eigenvalue weighted by molar-refractivity contribution is 5.72. The molecule has 0 saturated carbocycles. The third-order valence-electron chi connectivity index (χ3n) is 2.95. The quantitative estimate of drug-likeness (QED) is 0.798. The molecule has 100 valence electrons. The van der Waals surface area contributed by atoms with Crippen LogP contribution in [0.15, 0.2) is 48.5 Å². The standard InChI is InChI=1S/C17H15NO2/c1-13-2-4-14(5-3-13)10-17(19)20-12-16-8-6-15(11-18)7-9-16/h2-9H,10,12H2,1H3. The van der Waals surface area contributed by atoms with E-state index in [1.807, 2.05) is 37.3 Å². The molecule has 2 aromatic rings. The summed E-state index contributed by atoms with van der Waals surface area (Å²) in [7, 11) is 0. The van der Waals surface area contributed by atoms with E-state index in [4.69, 9.17) is 10.00 Å². The zero-order chi connectivity index (χ0) is 14.4. The number of benzene rings is 2. The van der Waals surface area contributed by atoms with Crippen LogP contribution in [0.1, 0.15) is 22.3 Å². The van der Waals surface area contributed by atoms with Gasteiger partial charge in [0.05, 0.1) is 18.1 Å². The molecule has 3 nitrogen and oxygen atoms in total. The number of nitrogens with zero attached hydrogens (tertiary/aromatic N) is 1. The van der Waals surface area contributed by atoms with Gasteiger partial charge < -0.3 is 4.74 Å². The van der Waals surface area contributed by atoms with E-state index >= 15 is 0 Å². The zero-order valence-corrected chi connectivity index (χ0v) is 11.3. The van der Waals surface area contributed by atoms with Crippen molar-refractivity contribution in [2.75, 3.05) is 0 Å². The van der Waals surface area contributed by atoms with Crippen LogP contribution in [0.5, 0.6) is 0 Å². The average molecular weight is 265 g/mol. The van der Waals surface area contributed by atoms with Gasteiger partial charge in [-0.2, -0.15) is 5.26 Å². The Bertz CT molecular complexity index is 622. The summed E-state index contributed by atoms with van der Waals surface area (Å²) in [6, 6.07) is 16.9. The normalized spacial score (nSPS) is 9.80. The minimum atomic E-state index is -0.252. The van der Waals surface area contributed by atoms with E-state index in [9.17, 15) is 4.79 Å². The van der Waals surface area contributed by atoms with Gasteiger partial charge in [0.15, 0.2) is 0 Å². The van der Waals surface area contributed by atoms with Crippen LogP contribution in [0.2, 0.25) is 0 Å². The number of nitriles is 1. The number of carbonyl (C=O) groups excluding carboxylic acids is 1. The monoisotopic (exact) mass is 265 g/mol. The predicted molar refractivity (Wildman–Crippen MR) is 75.8 cm³/mol. The summed E-state index contributed by atoms with van der Waals surface area (Å²) in [6.07, 6.45) is 0.274.